The fraction of sp³-hybridized carbons (Fsp3) is 0.471. The molecule has 0 saturated carbocycles. The number of hydrogen-bond acceptors (Lipinski definition) is 6. The summed E-state index contributed by atoms with van der Waals surface area (Å²) in [7, 11) is 0. The first kappa shape index (κ1) is 16.8. The Kier molecular flexibility index (Phi) is 5.40. The topological polar surface area (TPSA) is 77.2 Å². The number of thioether (sulfide) groups is 1. The summed E-state index contributed by atoms with van der Waals surface area (Å²) in [5, 5.41) is 6.91. The maximum absolute atomic E-state index is 12.2. The van der Waals surface area contributed by atoms with Gasteiger partial charge in [-0.25, -0.2) is 0 Å². The Morgan fingerprint density at radius 3 is 3.17 bits per heavy atom. The number of hydrogen-bond donors (Lipinski definition) is 1. The van der Waals surface area contributed by atoms with Crippen LogP contribution in [0, 0.1) is 6.92 Å². The van der Waals surface area contributed by atoms with Crippen LogP contribution in [0.3, 0.4) is 0 Å². The molecule has 0 saturated heterocycles. The Balaban J connectivity index is 1.49. The highest BCUT2D eigenvalue weighted by atomic mass is 32.2. The number of rotatable bonds is 6. The van der Waals surface area contributed by atoms with Crippen LogP contribution >= 0.6 is 11.8 Å². The number of carbonyl (C=O) groups excluding carboxylic acids is 1. The van der Waals surface area contributed by atoms with Crippen LogP contribution in [0.1, 0.15) is 29.3 Å². The number of aryl methyl sites for hydroxylation is 2. The van der Waals surface area contributed by atoms with Gasteiger partial charge in [0.25, 0.3) is 0 Å². The first-order valence-corrected chi connectivity index (χ1v) is 9.36. The second-order valence-corrected chi connectivity index (χ2v) is 6.73. The van der Waals surface area contributed by atoms with Gasteiger partial charge >= 0.3 is 0 Å². The largest absolute Gasteiger partial charge is 0.491 e. The van der Waals surface area contributed by atoms with Crippen molar-refractivity contribution >= 4 is 17.7 Å². The lowest BCUT2D eigenvalue weighted by atomic mass is 9.98. The third-order valence-corrected chi connectivity index (χ3v) is 4.52. The smallest absolute Gasteiger partial charge is 0.227 e. The minimum Gasteiger partial charge on any atom is -0.491 e. The molecule has 6 nitrogen and oxygen atoms in total. The van der Waals surface area contributed by atoms with Crippen LogP contribution in [-0.2, 0) is 23.4 Å². The molecule has 2 aromatic rings. The highest BCUT2D eigenvalue weighted by Crippen LogP contribution is 2.27. The molecule has 24 heavy (non-hydrogen) atoms. The molecule has 2 heterocycles. The molecule has 0 bridgehead atoms. The molecule has 1 aromatic carbocycles. The lowest BCUT2D eigenvalue weighted by molar-refractivity contribution is -0.122. The Morgan fingerprint density at radius 1 is 1.46 bits per heavy atom. The van der Waals surface area contributed by atoms with E-state index in [4.69, 9.17) is 9.26 Å². The quantitative estimate of drug-likeness (QED) is 0.864. The number of ether oxygens (including phenoxy) is 1. The van der Waals surface area contributed by atoms with Gasteiger partial charge < -0.3 is 14.6 Å². The molecule has 1 unspecified atom stereocenters. The van der Waals surface area contributed by atoms with Crippen molar-refractivity contribution in [2.24, 2.45) is 0 Å². The molecule has 1 N–H and O–H groups in total. The molecule has 1 amide bonds. The number of amides is 1. The predicted molar refractivity (Wildman–Crippen MR) is 92.1 cm³/mol. The molecule has 1 aromatic heterocycles. The SMILES string of the molecule is CSCc1noc(CCC(=O)NC2COc3cccc(C)c3C2)n1. The first-order chi connectivity index (χ1) is 11.7. The van der Waals surface area contributed by atoms with Crippen LogP contribution in [0.25, 0.3) is 0 Å². The van der Waals surface area contributed by atoms with Gasteiger partial charge in [-0.1, -0.05) is 17.3 Å². The summed E-state index contributed by atoms with van der Waals surface area (Å²) >= 11 is 1.63. The number of fused-ring (bicyclic) bond motifs is 1. The summed E-state index contributed by atoms with van der Waals surface area (Å²) in [6.07, 6.45) is 3.57. The average Bonchev–Trinajstić information content (AvgIpc) is 3.02. The monoisotopic (exact) mass is 347 g/mol. The molecule has 3 rings (SSSR count). The molecular formula is C17H21N3O3S. The van der Waals surface area contributed by atoms with Crippen LogP contribution < -0.4 is 10.1 Å². The molecular weight excluding hydrogens is 326 g/mol. The molecule has 7 heteroatoms. The summed E-state index contributed by atoms with van der Waals surface area (Å²) in [4.78, 5) is 16.4. The molecule has 128 valence electrons. The lowest BCUT2D eigenvalue weighted by Gasteiger charge is -2.27. The lowest BCUT2D eigenvalue weighted by Crippen LogP contribution is -2.43. The zero-order valence-corrected chi connectivity index (χ0v) is 14.7. The minimum atomic E-state index is -0.0229. The van der Waals surface area contributed by atoms with E-state index >= 15 is 0 Å². The number of carbonyl (C=O) groups is 1. The summed E-state index contributed by atoms with van der Waals surface area (Å²) in [6, 6.07) is 6.03. The first-order valence-electron chi connectivity index (χ1n) is 7.96. The van der Waals surface area contributed by atoms with Gasteiger partial charge in [-0.15, -0.1) is 0 Å². The standard InChI is InChI=1S/C17H21N3O3S/c1-11-4-3-5-14-13(11)8-12(9-22-14)18-16(21)6-7-17-19-15(10-24-2)20-23-17/h3-5,12H,6-10H2,1-2H3,(H,18,21). The van der Waals surface area contributed by atoms with Crippen LogP contribution in [0.4, 0.5) is 0 Å². The maximum Gasteiger partial charge on any atom is 0.227 e. The van der Waals surface area contributed by atoms with Gasteiger partial charge in [-0.05, 0) is 36.8 Å². The summed E-state index contributed by atoms with van der Waals surface area (Å²) in [5.74, 6) is 2.80. The molecule has 1 aliphatic rings. The van der Waals surface area contributed by atoms with Crippen molar-refractivity contribution in [2.45, 2.75) is 38.0 Å². The normalized spacial score (nSPS) is 16.3. The fourth-order valence-electron chi connectivity index (χ4n) is 2.76. The number of aromatic nitrogens is 2. The van der Waals surface area contributed by atoms with Gasteiger partial charge in [0, 0.05) is 12.8 Å². The third kappa shape index (κ3) is 4.08. The van der Waals surface area contributed by atoms with Crippen molar-refractivity contribution < 1.29 is 14.1 Å². The third-order valence-electron chi connectivity index (χ3n) is 3.97. The van der Waals surface area contributed by atoms with E-state index in [2.05, 4.69) is 28.4 Å². The molecule has 0 aliphatic carbocycles. The average molecular weight is 347 g/mol. The van der Waals surface area contributed by atoms with Gasteiger partial charge in [-0.3, -0.25) is 4.79 Å². The summed E-state index contributed by atoms with van der Waals surface area (Å²) in [6.45, 7) is 2.56. The zero-order valence-electron chi connectivity index (χ0n) is 13.9. The van der Waals surface area contributed by atoms with Gasteiger partial charge in [0.2, 0.25) is 11.8 Å². The van der Waals surface area contributed by atoms with Gasteiger partial charge in [-0.2, -0.15) is 16.7 Å². The van der Waals surface area contributed by atoms with E-state index in [9.17, 15) is 4.79 Å². The van der Waals surface area contributed by atoms with Gasteiger partial charge in [0.1, 0.15) is 12.4 Å². The number of benzene rings is 1. The van der Waals surface area contributed by atoms with E-state index in [1.54, 1.807) is 11.8 Å². The van der Waals surface area contributed by atoms with Crippen LogP contribution in [0.2, 0.25) is 0 Å². The highest BCUT2D eigenvalue weighted by molar-refractivity contribution is 7.97. The van der Waals surface area contributed by atoms with E-state index in [-0.39, 0.29) is 11.9 Å². The Bertz CT molecular complexity index is 717. The second-order valence-electron chi connectivity index (χ2n) is 5.87. The van der Waals surface area contributed by atoms with E-state index in [0.717, 1.165) is 12.2 Å². The molecule has 1 atom stereocenters. The van der Waals surface area contributed by atoms with Crippen molar-refractivity contribution in [2.75, 3.05) is 12.9 Å². The van der Waals surface area contributed by atoms with Crippen molar-refractivity contribution in [3.05, 3.63) is 41.0 Å². The van der Waals surface area contributed by atoms with E-state index < -0.39 is 0 Å². The van der Waals surface area contributed by atoms with E-state index in [0.29, 0.717) is 36.9 Å². The fourth-order valence-corrected chi connectivity index (χ4v) is 3.14. The van der Waals surface area contributed by atoms with E-state index in [1.807, 2.05) is 18.4 Å². The summed E-state index contributed by atoms with van der Waals surface area (Å²) < 4.78 is 10.9. The van der Waals surface area contributed by atoms with Crippen LogP contribution in [0.5, 0.6) is 5.75 Å². The predicted octanol–water partition coefficient (Wildman–Crippen LogP) is 2.29. The summed E-state index contributed by atoms with van der Waals surface area (Å²) in [5.41, 5.74) is 2.37. The van der Waals surface area contributed by atoms with Crippen molar-refractivity contribution in [3.63, 3.8) is 0 Å². The van der Waals surface area contributed by atoms with Crippen molar-refractivity contribution in [3.8, 4) is 5.75 Å². The molecule has 0 radical (unpaired) electrons. The van der Waals surface area contributed by atoms with Crippen molar-refractivity contribution in [1.82, 2.24) is 15.5 Å². The Hall–Kier alpha value is -2.02. The van der Waals surface area contributed by atoms with Crippen LogP contribution in [0.15, 0.2) is 22.7 Å². The molecule has 0 spiro atoms. The highest BCUT2D eigenvalue weighted by Gasteiger charge is 2.22. The second kappa shape index (κ2) is 7.70. The Labute approximate surface area is 145 Å². The van der Waals surface area contributed by atoms with Gasteiger partial charge in [0.15, 0.2) is 5.82 Å². The van der Waals surface area contributed by atoms with Crippen molar-refractivity contribution in [1.29, 1.82) is 0 Å². The zero-order chi connectivity index (χ0) is 16.9. The van der Waals surface area contributed by atoms with E-state index in [1.165, 1.54) is 11.1 Å². The minimum absolute atomic E-state index is 0.000776. The maximum atomic E-state index is 12.2. The molecule has 0 fully saturated rings. The number of nitrogens with one attached hydrogen (secondary N) is 1. The number of nitrogens with zero attached hydrogens (tertiary/aromatic N) is 2. The van der Waals surface area contributed by atoms with Crippen LogP contribution in [-0.4, -0.2) is 35.0 Å². The van der Waals surface area contributed by atoms with Gasteiger partial charge in [0.05, 0.1) is 11.8 Å². The Morgan fingerprint density at radius 2 is 2.33 bits per heavy atom. The molecule has 1 aliphatic heterocycles.